The largest absolute Gasteiger partial charge is 0.396 e. The van der Waals surface area contributed by atoms with Gasteiger partial charge in [0.05, 0.1) is 5.69 Å². The fraction of sp³-hybridized carbons (Fsp3) is 0.200. The van der Waals surface area contributed by atoms with E-state index in [1.165, 1.54) is 0 Å². The van der Waals surface area contributed by atoms with Crippen molar-refractivity contribution >= 4 is 5.57 Å². The quantitative estimate of drug-likeness (QED) is 0.409. The molecule has 1 unspecified atom stereocenters. The molecular weight excluding hydrogens is 396 g/mol. The van der Waals surface area contributed by atoms with Gasteiger partial charge in [-0.2, -0.15) is 0 Å². The first-order chi connectivity index (χ1) is 15.1. The van der Waals surface area contributed by atoms with Crippen molar-refractivity contribution < 1.29 is 13.9 Å². The number of aliphatic hydroxyl groups excluding tert-OH is 1. The van der Waals surface area contributed by atoms with Gasteiger partial charge >= 0.3 is 0 Å². The van der Waals surface area contributed by atoms with Gasteiger partial charge in [0.1, 0.15) is 11.6 Å². The third kappa shape index (κ3) is 4.86. The molecule has 0 saturated carbocycles. The van der Waals surface area contributed by atoms with Gasteiger partial charge < -0.3 is 10.0 Å². The number of aliphatic hydroxyl groups is 1. The molecule has 6 heteroatoms. The van der Waals surface area contributed by atoms with Crippen LogP contribution in [0.5, 0.6) is 0 Å². The molecule has 0 aliphatic carbocycles. The van der Waals surface area contributed by atoms with E-state index in [1.54, 1.807) is 24.7 Å². The van der Waals surface area contributed by atoms with E-state index >= 15 is 0 Å². The van der Waals surface area contributed by atoms with Crippen molar-refractivity contribution in [2.45, 2.75) is 18.9 Å². The van der Waals surface area contributed by atoms with Crippen LogP contribution < -0.4 is 0 Å². The van der Waals surface area contributed by atoms with Crippen LogP contribution in [0.3, 0.4) is 0 Å². The minimum atomic E-state index is -0.523. The molecule has 4 rings (SSSR count). The SMILES string of the molecule is C=CC/C(=C\N1CC1CCO)c1cncc(-c2ccnc(-c3cc(F)ccc3F)c2)c1. The maximum atomic E-state index is 14.2. The van der Waals surface area contributed by atoms with Crippen LogP contribution in [0.4, 0.5) is 8.78 Å². The third-order valence-electron chi connectivity index (χ3n) is 5.31. The van der Waals surface area contributed by atoms with Crippen molar-refractivity contribution in [1.29, 1.82) is 0 Å². The Bertz CT molecular complexity index is 1130. The summed E-state index contributed by atoms with van der Waals surface area (Å²) in [7, 11) is 0. The Hall–Kier alpha value is -3.38. The van der Waals surface area contributed by atoms with Gasteiger partial charge in [0.2, 0.25) is 0 Å². The van der Waals surface area contributed by atoms with Gasteiger partial charge in [-0.25, -0.2) is 8.78 Å². The highest BCUT2D eigenvalue weighted by Crippen LogP contribution is 2.31. The van der Waals surface area contributed by atoms with Gasteiger partial charge in [0.25, 0.3) is 0 Å². The molecule has 1 atom stereocenters. The van der Waals surface area contributed by atoms with Crippen molar-refractivity contribution in [1.82, 2.24) is 14.9 Å². The van der Waals surface area contributed by atoms with Gasteiger partial charge in [-0.15, -0.1) is 6.58 Å². The minimum Gasteiger partial charge on any atom is -0.396 e. The van der Waals surface area contributed by atoms with Crippen LogP contribution in [-0.4, -0.2) is 39.2 Å². The lowest BCUT2D eigenvalue weighted by Crippen LogP contribution is -1.98. The fourth-order valence-electron chi connectivity index (χ4n) is 3.59. The van der Waals surface area contributed by atoms with Crippen molar-refractivity contribution in [3.63, 3.8) is 0 Å². The van der Waals surface area contributed by atoms with Crippen LogP contribution in [-0.2, 0) is 0 Å². The van der Waals surface area contributed by atoms with E-state index < -0.39 is 11.6 Å². The monoisotopic (exact) mass is 419 g/mol. The summed E-state index contributed by atoms with van der Waals surface area (Å²) in [6.45, 7) is 4.97. The normalized spacial score (nSPS) is 15.8. The lowest BCUT2D eigenvalue weighted by atomic mass is 10.00. The molecule has 1 aromatic carbocycles. The number of aromatic nitrogens is 2. The summed E-state index contributed by atoms with van der Waals surface area (Å²) in [6.07, 6.45) is 10.5. The summed E-state index contributed by atoms with van der Waals surface area (Å²) >= 11 is 0. The molecular formula is C25H23F2N3O. The van der Waals surface area contributed by atoms with Gasteiger partial charge in [-0.05, 0) is 65.9 Å². The van der Waals surface area contributed by atoms with Gasteiger partial charge in [-0.3, -0.25) is 9.97 Å². The van der Waals surface area contributed by atoms with Crippen molar-refractivity contribution in [3.8, 4) is 22.4 Å². The molecule has 1 aliphatic rings. The zero-order chi connectivity index (χ0) is 21.8. The molecule has 2 aromatic heterocycles. The second-order valence-electron chi connectivity index (χ2n) is 7.53. The highest BCUT2D eigenvalue weighted by atomic mass is 19.1. The first-order valence-electron chi connectivity index (χ1n) is 10.1. The van der Waals surface area contributed by atoms with Gasteiger partial charge in [0.15, 0.2) is 0 Å². The second-order valence-corrected chi connectivity index (χ2v) is 7.53. The number of hydrogen-bond acceptors (Lipinski definition) is 4. The summed E-state index contributed by atoms with van der Waals surface area (Å²) in [5.41, 5.74) is 4.18. The maximum absolute atomic E-state index is 14.2. The summed E-state index contributed by atoms with van der Waals surface area (Å²) in [5, 5.41) is 9.13. The summed E-state index contributed by atoms with van der Waals surface area (Å²) in [5.74, 6) is -1.04. The van der Waals surface area contributed by atoms with Crippen molar-refractivity contribution in [2.24, 2.45) is 0 Å². The Balaban J connectivity index is 1.66. The molecule has 0 radical (unpaired) electrons. The smallest absolute Gasteiger partial charge is 0.132 e. The van der Waals surface area contributed by atoms with E-state index in [2.05, 4.69) is 27.6 Å². The third-order valence-corrected chi connectivity index (χ3v) is 5.31. The van der Waals surface area contributed by atoms with Crippen molar-refractivity contribution in [3.05, 3.63) is 91.0 Å². The molecule has 1 fully saturated rings. The highest BCUT2D eigenvalue weighted by molar-refractivity contribution is 5.74. The Morgan fingerprint density at radius 2 is 2.03 bits per heavy atom. The molecule has 0 bridgehead atoms. The Labute approximate surface area is 180 Å². The molecule has 158 valence electrons. The number of rotatable bonds is 8. The Morgan fingerprint density at radius 1 is 1.16 bits per heavy atom. The van der Waals surface area contributed by atoms with E-state index in [4.69, 9.17) is 5.11 Å². The van der Waals surface area contributed by atoms with Crippen LogP contribution >= 0.6 is 0 Å². The molecule has 1 N–H and O–H groups in total. The van der Waals surface area contributed by atoms with Crippen LogP contribution in [0.15, 0.2) is 73.8 Å². The van der Waals surface area contributed by atoms with E-state index in [9.17, 15) is 8.78 Å². The number of hydrogen-bond donors (Lipinski definition) is 1. The van der Waals surface area contributed by atoms with E-state index in [1.807, 2.05) is 18.2 Å². The highest BCUT2D eigenvalue weighted by Gasteiger charge is 2.30. The fourth-order valence-corrected chi connectivity index (χ4v) is 3.59. The van der Waals surface area contributed by atoms with Crippen LogP contribution in [0.25, 0.3) is 28.0 Å². The van der Waals surface area contributed by atoms with Crippen LogP contribution in [0.2, 0.25) is 0 Å². The number of benzene rings is 1. The van der Waals surface area contributed by atoms with Gasteiger partial charge in [0, 0.05) is 55.1 Å². The van der Waals surface area contributed by atoms with Gasteiger partial charge in [-0.1, -0.05) is 6.08 Å². The average molecular weight is 419 g/mol. The zero-order valence-corrected chi connectivity index (χ0v) is 17.0. The number of pyridine rings is 2. The predicted octanol–water partition coefficient (Wildman–Crippen LogP) is 5.07. The average Bonchev–Trinajstić information content (AvgIpc) is 3.53. The topological polar surface area (TPSA) is 49.0 Å². The number of nitrogens with zero attached hydrogens (tertiary/aromatic N) is 3. The summed E-state index contributed by atoms with van der Waals surface area (Å²) in [4.78, 5) is 10.8. The standard InChI is InChI=1S/C25H23F2N3O/c1-2-3-18(15-30-16-22(30)7-9-31)20-10-19(13-28-14-20)17-6-8-29-25(11-17)23-12-21(26)4-5-24(23)27/h2,4-6,8,10-15,22,31H,1,3,7,9,16H2/b18-15+. The van der Waals surface area contributed by atoms with Crippen LogP contribution in [0, 0.1) is 11.6 Å². The zero-order valence-electron chi connectivity index (χ0n) is 17.0. The van der Waals surface area contributed by atoms with Crippen molar-refractivity contribution in [2.75, 3.05) is 13.2 Å². The number of halogens is 2. The first-order valence-corrected chi connectivity index (χ1v) is 10.1. The molecule has 3 aromatic rings. The first kappa shape index (κ1) is 20.9. The van der Waals surface area contributed by atoms with E-state index in [0.717, 1.165) is 53.4 Å². The molecule has 0 amide bonds. The molecule has 3 heterocycles. The van der Waals surface area contributed by atoms with E-state index in [0.29, 0.717) is 18.2 Å². The van der Waals surface area contributed by atoms with Crippen LogP contribution in [0.1, 0.15) is 18.4 Å². The maximum Gasteiger partial charge on any atom is 0.132 e. The summed E-state index contributed by atoms with van der Waals surface area (Å²) < 4.78 is 27.8. The molecule has 4 nitrogen and oxygen atoms in total. The number of allylic oxidation sites excluding steroid dienone is 2. The minimum absolute atomic E-state index is 0.120. The Kier molecular flexibility index (Phi) is 6.18. The summed E-state index contributed by atoms with van der Waals surface area (Å²) in [6, 6.07) is 9.29. The molecule has 1 aliphatic heterocycles. The predicted molar refractivity (Wildman–Crippen MR) is 118 cm³/mol. The molecule has 0 spiro atoms. The Morgan fingerprint density at radius 3 is 2.84 bits per heavy atom. The van der Waals surface area contributed by atoms with E-state index in [-0.39, 0.29) is 12.2 Å². The molecule has 31 heavy (non-hydrogen) atoms. The lowest BCUT2D eigenvalue weighted by molar-refractivity contribution is 0.283. The lowest BCUT2D eigenvalue weighted by Gasteiger charge is -2.10. The molecule has 1 saturated heterocycles. The second kappa shape index (κ2) is 9.18.